The van der Waals surface area contributed by atoms with Crippen molar-refractivity contribution in [3.63, 3.8) is 0 Å². The molecule has 2 heterocycles. The van der Waals surface area contributed by atoms with Crippen LogP contribution >= 0.6 is 11.8 Å². The highest BCUT2D eigenvalue weighted by Crippen LogP contribution is 2.29. The highest BCUT2D eigenvalue weighted by molar-refractivity contribution is 7.99. The van der Waals surface area contributed by atoms with Crippen molar-refractivity contribution in [2.24, 2.45) is 0 Å². The van der Waals surface area contributed by atoms with Crippen LogP contribution in [0.15, 0.2) is 15.8 Å². The zero-order chi connectivity index (χ0) is 9.26. The first-order valence-corrected chi connectivity index (χ1v) is 5.32. The molecule has 70 valence electrons. The normalized spacial score (nSPS) is 22.0. The molecule has 1 saturated heterocycles. The predicted molar refractivity (Wildman–Crippen MR) is 52.4 cm³/mol. The van der Waals surface area contributed by atoms with E-state index in [1.54, 1.807) is 0 Å². The van der Waals surface area contributed by atoms with Gasteiger partial charge in [-0.2, -0.15) is 11.8 Å². The lowest BCUT2D eigenvalue weighted by molar-refractivity contribution is 0.755. The number of aromatic amines is 2. The van der Waals surface area contributed by atoms with Crippen molar-refractivity contribution in [3.8, 4) is 0 Å². The van der Waals surface area contributed by atoms with Crippen LogP contribution in [0.4, 0.5) is 0 Å². The molecular formula is C8H10N2O2S. The Morgan fingerprint density at radius 3 is 2.92 bits per heavy atom. The zero-order valence-electron chi connectivity index (χ0n) is 7.00. The van der Waals surface area contributed by atoms with Gasteiger partial charge in [-0.15, -0.1) is 0 Å². The highest BCUT2D eigenvalue weighted by atomic mass is 32.2. The summed E-state index contributed by atoms with van der Waals surface area (Å²) in [5.41, 5.74) is 0.0419. The summed E-state index contributed by atoms with van der Waals surface area (Å²) in [5.74, 6) is 2.39. The van der Waals surface area contributed by atoms with Gasteiger partial charge in [0.2, 0.25) is 0 Å². The lowest BCUT2D eigenvalue weighted by Gasteiger charge is -2.04. The second-order valence-electron chi connectivity index (χ2n) is 3.09. The maximum absolute atomic E-state index is 11.3. The molecule has 0 spiro atoms. The Kier molecular flexibility index (Phi) is 2.26. The third kappa shape index (κ3) is 1.70. The molecule has 1 unspecified atom stereocenters. The summed E-state index contributed by atoms with van der Waals surface area (Å²) in [7, 11) is 0. The van der Waals surface area contributed by atoms with Gasteiger partial charge < -0.3 is 4.98 Å². The number of rotatable bonds is 1. The maximum Gasteiger partial charge on any atom is 0.325 e. The van der Waals surface area contributed by atoms with E-state index in [-0.39, 0.29) is 5.56 Å². The van der Waals surface area contributed by atoms with Gasteiger partial charge in [0.05, 0.1) is 0 Å². The van der Waals surface area contributed by atoms with Crippen molar-refractivity contribution in [2.45, 2.75) is 12.3 Å². The number of hydrogen-bond donors (Lipinski definition) is 2. The molecule has 5 heteroatoms. The van der Waals surface area contributed by atoms with Crippen molar-refractivity contribution in [3.05, 3.63) is 32.6 Å². The summed E-state index contributed by atoms with van der Waals surface area (Å²) in [5, 5.41) is 0. The minimum Gasteiger partial charge on any atom is -0.314 e. The second-order valence-corrected chi connectivity index (χ2v) is 4.24. The largest absolute Gasteiger partial charge is 0.325 e. The van der Waals surface area contributed by atoms with E-state index in [0.29, 0.717) is 11.5 Å². The molecule has 1 atom stereocenters. The highest BCUT2D eigenvalue weighted by Gasteiger charge is 2.20. The molecule has 0 aromatic carbocycles. The smallest absolute Gasteiger partial charge is 0.314 e. The Bertz CT molecular complexity index is 403. The van der Waals surface area contributed by atoms with Gasteiger partial charge in [-0.05, 0) is 12.2 Å². The average Bonchev–Trinajstić information content (AvgIpc) is 2.56. The molecule has 0 saturated carbocycles. The van der Waals surface area contributed by atoms with Crippen LogP contribution in [0.25, 0.3) is 0 Å². The molecule has 2 rings (SSSR count). The Morgan fingerprint density at radius 1 is 1.46 bits per heavy atom. The molecule has 4 nitrogen and oxygen atoms in total. The average molecular weight is 198 g/mol. The van der Waals surface area contributed by atoms with Crippen LogP contribution in [0.5, 0.6) is 0 Å². The first kappa shape index (κ1) is 8.62. The second kappa shape index (κ2) is 3.41. The number of aromatic nitrogens is 2. The van der Waals surface area contributed by atoms with E-state index in [2.05, 4.69) is 9.97 Å². The molecule has 1 aromatic rings. The molecule has 1 aliphatic heterocycles. The molecule has 0 aliphatic carbocycles. The molecule has 2 N–H and O–H groups in total. The van der Waals surface area contributed by atoms with E-state index in [0.717, 1.165) is 17.9 Å². The minimum absolute atomic E-state index is 0.240. The van der Waals surface area contributed by atoms with Crippen molar-refractivity contribution < 1.29 is 0 Å². The van der Waals surface area contributed by atoms with Gasteiger partial charge in [-0.3, -0.25) is 9.78 Å². The lowest BCUT2D eigenvalue weighted by Crippen LogP contribution is -2.26. The Balaban J connectivity index is 2.40. The summed E-state index contributed by atoms with van der Waals surface area (Å²) in [6.07, 6.45) is 2.57. The standard InChI is InChI=1S/C8H10N2O2S/c11-7-6(3-9-8(12)10-7)5-1-2-13-4-5/h3,5H,1-2,4H2,(H2,9,10,11,12). The molecule has 1 aliphatic rings. The van der Waals surface area contributed by atoms with Crippen LogP contribution in [-0.2, 0) is 0 Å². The molecule has 1 aromatic heterocycles. The van der Waals surface area contributed by atoms with Gasteiger partial charge in [0.25, 0.3) is 5.56 Å². The summed E-state index contributed by atoms with van der Waals surface area (Å²) >= 11 is 1.85. The molecule has 0 bridgehead atoms. The number of H-pyrrole nitrogens is 2. The fraction of sp³-hybridized carbons (Fsp3) is 0.500. The third-order valence-corrected chi connectivity index (χ3v) is 3.38. The van der Waals surface area contributed by atoms with Gasteiger partial charge in [0.1, 0.15) is 0 Å². The molecule has 0 amide bonds. The van der Waals surface area contributed by atoms with Crippen molar-refractivity contribution in [2.75, 3.05) is 11.5 Å². The topological polar surface area (TPSA) is 65.7 Å². The zero-order valence-corrected chi connectivity index (χ0v) is 7.82. The quantitative estimate of drug-likeness (QED) is 0.681. The summed E-state index contributed by atoms with van der Waals surface area (Å²) in [6, 6.07) is 0. The number of thioether (sulfide) groups is 1. The van der Waals surface area contributed by atoms with Crippen LogP contribution in [0, 0.1) is 0 Å². The van der Waals surface area contributed by atoms with Gasteiger partial charge in [-0.1, -0.05) is 0 Å². The Morgan fingerprint density at radius 2 is 2.31 bits per heavy atom. The fourth-order valence-corrected chi connectivity index (χ4v) is 2.75. The molecular weight excluding hydrogens is 188 g/mol. The van der Waals surface area contributed by atoms with E-state index in [1.165, 1.54) is 6.20 Å². The van der Waals surface area contributed by atoms with Gasteiger partial charge >= 0.3 is 5.69 Å². The Labute approximate surface area is 78.8 Å². The lowest BCUT2D eigenvalue weighted by atomic mass is 10.0. The van der Waals surface area contributed by atoms with E-state index in [4.69, 9.17) is 0 Å². The van der Waals surface area contributed by atoms with E-state index in [9.17, 15) is 9.59 Å². The molecule has 1 fully saturated rings. The fourth-order valence-electron chi connectivity index (χ4n) is 1.50. The summed E-state index contributed by atoms with van der Waals surface area (Å²) < 4.78 is 0. The van der Waals surface area contributed by atoms with Gasteiger partial charge in [-0.25, -0.2) is 4.79 Å². The maximum atomic E-state index is 11.3. The first-order chi connectivity index (χ1) is 6.27. The van der Waals surface area contributed by atoms with Crippen LogP contribution in [0.2, 0.25) is 0 Å². The van der Waals surface area contributed by atoms with E-state index < -0.39 is 5.69 Å². The number of hydrogen-bond acceptors (Lipinski definition) is 3. The minimum atomic E-state index is -0.431. The third-order valence-electron chi connectivity index (χ3n) is 2.22. The Hall–Kier alpha value is -0.970. The van der Waals surface area contributed by atoms with Crippen LogP contribution in [0.3, 0.4) is 0 Å². The van der Waals surface area contributed by atoms with Crippen molar-refractivity contribution >= 4 is 11.8 Å². The molecule has 13 heavy (non-hydrogen) atoms. The predicted octanol–water partition coefficient (Wildman–Crippen LogP) is 0.284. The monoisotopic (exact) mass is 198 g/mol. The summed E-state index contributed by atoms with van der Waals surface area (Å²) in [6.45, 7) is 0. The van der Waals surface area contributed by atoms with Crippen LogP contribution < -0.4 is 11.2 Å². The van der Waals surface area contributed by atoms with Gasteiger partial charge in [0.15, 0.2) is 0 Å². The first-order valence-electron chi connectivity index (χ1n) is 4.17. The molecule has 0 radical (unpaired) electrons. The van der Waals surface area contributed by atoms with Crippen molar-refractivity contribution in [1.29, 1.82) is 0 Å². The number of nitrogens with one attached hydrogen (secondary N) is 2. The van der Waals surface area contributed by atoms with E-state index in [1.807, 2.05) is 11.8 Å². The van der Waals surface area contributed by atoms with Crippen molar-refractivity contribution in [1.82, 2.24) is 9.97 Å². The van der Waals surface area contributed by atoms with E-state index >= 15 is 0 Å². The van der Waals surface area contributed by atoms with Crippen LogP contribution in [0.1, 0.15) is 17.9 Å². The SMILES string of the molecule is O=c1[nH]cc(C2CCSC2)c(=O)[nH]1. The van der Waals surface area contributed by atoms with Gasteiger partial charge in [0, 0.05) is 23.4 Å². The van der Waals surface area contributed by atoms with Crippen LogP contribution in [-0.4, -0.2) is 21.5 Å². The summed E-state index contributed by atoms with van der Waals surface area (Å²) in [4.78, 5) is 26.8.